The monoisotopic (exact) mass is 338 g/mol. The zero-order valence-electron chi connectivity index (χ0n) is 13.8. The Bertz CT molecular complexity index is 1010. The summed E-state index contributed by atoms with van der Waals surface area (Å²) in [4.78, 5) is 29.5. The molecule has 8 nitrogen and oxygen atoms in total. The standard InChI is InChI=1S/C17H18N6O2/c1-11(22-10-19-13-6-3-2-5-12(13)17(22)25)16(24)21-14-9-20-23-8-4-7-18-15(14)23/h2-3,5-6,9-11,18H,4,7-8H2,1H3,(H,21,24). The second-order valence-corrected chi connectivity index (χ2v) is 6.05. The minimum absolute atomic E-state index is 0.233. The van der Waals surface area contributed by atoms with E-state index in [9.17, 15) is 9.59 Å². The Morgan fingerprint density at radius 2 is 2.20 bits per heavy atom. The summed E-state index contributed by atoms with van der Waals surface area (Å²) in [5.74, 6) is 0.512. The molecule has 2 aromatic heterocycles. The van der Waals surface area contributed by atoms with Crippen LogP contribution in [0.3, 0.4) is 0 Å². The van der Waals surface area contributed by atoms with Crippen LogP contribution in [-0.2, 0) is 11.3 Å². The van der Waals surface area contributed by atoms with Crippen molar-refractivity contribution in [3.63, 3.8) is 0 Å². The maximum atomic E-state index is 12.6. The van der Waals surface area contributed by atoms with Gasteiger partial charge in [-0.2, -0.15) is 5.10 Å². The molecule has 1 aliphatic rings. The first-order chi connectivity index (χ1) is 12.1. The second-order valence-electron chi connectivity index (χ2n) is 6.05. The number of hydrogen-bond donors (Lipinski definition) is 2. The van der Waals surface area contributed by atoms with Crippen molar-refractivity contribution >= 4 is 28.3 Å². The fraction of sp³-hybridized carbons (Fsp3) is 0.294. The zero-order chi connectivity index (χ0) is 17.4. The average molecular weight is 338 g/mol. The van der Waals surface area contributed by atoms with E-state index < -0.39 is 6.04 Å². The van der Waals surface area contributed by atoms with Gasteiger partial charge in [-0.1, -0.05) is 12.1 Å². The number of para-hydroxylation sites is 1. The van der Waals surface area contributed by atoms with Gasteiger partial charge in [-0.25, -0.2) is 9.67 Å². The Morgan fingerprint density at radius 1 is 1.36 bits per heavy atom. The third-order valence-corrected chi connectivity index (χ3v) is 4.42. The van der Waals surface area contributed by atoms with Gasteiger partial charge < -0.3 is 10.6 Å². The minimum Gasteiger partial charge on any atom is -0.368 e. The van der Waals surface area contributed by atoms with E-state index in [-0.39, 0.29) is 11.5 Å². The Kier molecular flexibility index (Phi) is 3.72. The minimum atomic E-state index is -0.691. The van der Waals surface area contributed by atoms with Crippen molar-refractivity contribution in [2.45, 2.75) is 25.9 Å². The van der Waals surface area contributed by atoms with E-state index >= 15 is 0 Å². The van der Waals surface area contributed by atoms with Crippen LogP contribution in [-0.4, -0.2) is 31.8 Å². The van der Waals surface area contributed by atoms with E-state index in [0.717, 1.165) is 25.3 Å². The molecule has 0 bridgehead atoms. The van der Waals surface area contributed by atoms with Gasteiger partial charge in [0.15, 0.2) is 0 Å². The Labute approximate surface area is 143 Å². The molecule has 1 aliphatic heterocycles. The molecule has 1 atom stereocenters. The molecular formula is C17H18N6O2. The van der Waals surface area contributed by atoms with Crippen molar-refractivity contribution in [3.05, 3.63) is 47.1 Å². The van der Waals surface area contributed by atoms with Gasteiger partial charge >= 0.3 is 0 Å². The van der Waals surface area contributed by atoms with Crippen LogP contribution in [0.1, 0.15) is 19.4 Å². The van der Waals surface area contributed by atoms with Gasteiger partial charge in [0.2, 0.25) is 5.91 Å². The highest BCUT2D eigenvalue weighted by atomic mass is 16.2. The maximum absolute atomic E-state index is 12.6. The van der Waals surface area contributed by atoms with Gasteiger partial charge in [0.25, 0.3) is 5.56 Å². The molecule has 25 heavy (non-hydrogen) atoms. The molecule has 0 saturated heterocycles. The summed E-state index contributed by atoms with van der Waals surface area (Å²) in [6.07, 6.45) is 4.04. The van der Waals surface area contributed by atoms with Crippen molar-refractivity contribution < 1.29 is 4.79 Å². The first kappa shape index (κ1) is 15.4. The smallest absolute Gasteiger partial charge is 0.261 e. The average Bonchev–Trinajstić information content (AvgIpc) is 3.05. The lowest BCUT2D eigenvalue weighted by molar-refractivity contribution is -0.118. The number of rotatable bonds is 3. The largest absolute Gasteiger partial charge is 0.368 e. The van der Waals surface area contributed by atoms with Gasteiger partial charge in [-0.05, 0) is 25.5 Å². The van der Waals surface area contributed by atoms with E-state index in [1.165, 1.54) is 10.9 Å². The highest BCUT2D eigenvalue weighted by Crippen LogP contribution is 2.25. The number of hydrogen-bond acceptors (Lipinski definition) is 5. The summed E-state index contributed by atoms with van der Waals surface area (Å²) in [6.45, 7) is 3.34. The summed E-state index contributed by atoms with van der Waals surface area (Å²) >= 11 is 0. The van der Waals surface area contributed by atoms with E-state index in [1.54, 1.807) is 31.3 Å². The van der Waals surface area contributed by atoms with Gasteiger partial charge in [-0.3, -0.25) is 14.2 Å². The molecule has 0 aliphatic carbocycles. The van der Waals surface area contributed by atoms with Crippen LogP contribution < -0.4 is 16.2 Å². The lowest BCUT2D eigenvalue weighted by atomic mass is 10.2. The lowest BCUT2D eigenvalue weighted by Crippen LogP contribution is -2.32. The van der Waals surface area contributed by atoms with Gasteiger partial charge in [0.1, 0.15) is 17.5 Å². The molecule has 1 amide bonds. The highest BCUT2D eigenvalue weighted by Gasteiger charge is 2.21. The number of aromatic nitrogens is 4. The number of amides is 1. The van der Waals surface area contributed by atoms with Crippen molar-refractivity contribution in [2.24, 2.45) is 0 Å². The molecule has 1 aromatic carbocycles. The summed E-state index contributed by atoms with van der Waals surface area (Å²) < 4.78 is 3.18. The van der Waals surface area contributed by atoms with Crippen LogP contribution in [0.5, 0.6) is 0 Å². The van der Waals surface area contributed by atoms with Crippen molar-refractivity contribution in [1.82, 2.24) is 19.3 Å². The molecule has 0 fully saturated rings. The fourth-order valence-electron chi connectivity index (χ4n) is 2.99. The number of fused-ring (bicyclic) bond motifs is 2. The van der Waals surface area contributed by atoms with E-state index in [1.807, 2.05) is 10.7 Å². The quantitative estimate of drug-likeness (QED) is 0.757. The Morgan fingerprint density at radius 3 is 3.08 bits per heavy atom. The molecule has 3 heterocycles. The molecule has 0 saturated carbocycles. The summed E-state index contributed by atoms with van der Waals surface area (Å²) in [6, 6.07) is 6.40. The topological polar surface area (TPSA) is 93.8 Å². The first-order valence-corrected chi connectivity index (χ1v) is 8.21. The zero-order valence-corrected chi connectivity index (χ0v) is 13.8. The molecule has 1 unspecified atom stereocenters. The van der Waals surface area contributed by atoms with Crippen LogP contribution in [0.15, 0.2) is 41.6 Å². The van der Waals surface area contributed by atoms with Crippen LogP contribution >= 0.6 is 0 Å². The fourth-order valence-corrected chi connectivity index (χ4v) is 2.99. The predicted octanol–water partition coefficient (Wildman–Crippen LogP) is 1.61. The number of benzene rings is 1. The molecule has 128 valence electrons. The van der Waals surface area contributed by atoms with Crippen LogP contribution in [0.4, 0.5) is 11.5 Å². The second kappa shape index (κ2) is 6.04. The van der Waals surface area contributed by atoms with Crippen LogP contribution in [0, 0.1) is 0 Å². The Balaban J connectivity index is 1.62. The molecule has 8 heteroatoms. The van der Waals surface area contributed by atoms with Gasteiger partial charge in [-0.15, -0.1) is 0 Å². The number of nitrogens with one attached hydrogen (secondary N) is 2. The molecule has 0 radical (unpaired) electrons. The summed E-state index contributed by atoms with van der Waals surface area (Å²) in [7, 11) is 0. The third-order valence-electron chi connectivity index (χ3n) is 4.42. The number of aryl methyl sites for hydroxylation is 1. The number of nitrogens with zero attached hydrogens (tertiary/aromatic N) is 4. The van der Waals surface area contributed by atoms with Gasteiger partial charge in [0, 0.05) is 13.1 Å². The SMILES string of the molecule is CC(C(=O)Nc1cnn2c1NCCC2)n1cnc2ccccc2c1=O. The van der Waals surface area contributed by atoms with Crippen molar-refractivity contribution in [2.75, 3.05) is 17.2 Å². The molecule has 3 aromatic rings. The molecule has 4 rings (SSSR count). The summed E-state index contributed by atoms with van der Waals surface area (Å²) in [5, 5.41) is 10.8. The highest BCUT2D eigenvalue weighted by molar-refractivity contribution is 5.96. The first-order valence-electron chi connectivity index (χ1n) is 8.21. The lowest BCUT2D eigenvalue weighted by Gasteiger charge is -2.18. The number of anilines is 2. The molecule has 2 N–H and O–H groups in total. The normalized spacial score (nSPS) is 14.6. The predicted molar refractivity (Wildman–Crippen MR) is 94.7 cm³/mol. The van der Waals surface area contributed by atoms with Crippen LogP contribution in [0.25, 0.3) is 10.9 Å². The van der Waals surface area contributed by atoms with Crippen molar-refractivity contribution in [1.29, 1.82) is 0 Å². The van der Waals surface area contributed by atoms with E-state index in [0.29, 0.717) is 16.6 Å². The maximum Gasteiger partial charge on any atom is 0.261 e. The van der Waals surface area contributed by atoms with Gasteiger partial charge in [0.05, 0.1) is 23.4 Å². The van der Waals surface area contributed by atoms with E-state index in [2.05, 4.69) is 20.7 Å². The van der Waals surface area contributed by atoms with Crippen molar-refractivity contribution in [3.8, 4) is 0 Å². The van der Waals surface area contributed by atoms with Crippen LogP contribution in [0.2, 0.25) is 0 Å². The van der Waals surface area contributed by atoms with E-state index in [4.69, 9.17) is 0 Å². The third kappa shape index (κ3) is 2.65. The summed E-state index contributed by atoms with van der Waals surface area (Å²) in [5.41, 5.74) is 1.01. The number of carbonyl (C=O) groups excluding carboxylic acids is 1. The Hall–Kier alpha value is -3.16. The molecular weight excluding hydrogens is 320 g/mol. The number of carbonyl (C=O) groups is 1. The molecule has 0 spiro atoms.